The van der Waals surface area contributed by atoms with Crippen LogP contribution in [-0.4, -0.2) is 26.5 Å². The van der Waals surface area contributed by atoms with Crippen molar-refractivity contribution in [3.8, 4) is 0 Å². The standard InChI is InChI=1S/C14H17N3O3/c1-9(2)13(14(19)20)15-8-10-7-12(18)17-6-4-3-5-11(17)16-10/h3-7,9,13,15H,8H2,1-2H3,(H,19,20). The summed E-state index contributed by atoms with van der Waals surface area (Å²) in [5, 5.41) is 12.0. The third-order valence-electron chi connectivity index (χ3n) is 3.06. The van der Waals surface area contributed by atoms with E-state index in [0.29, 0.717) is 11.3 Å². The molecule has 0 radical (unpaired) electrons. The Kier molecular flexibility index (Phi) is 4.14. The lowest BCUT2D eigenvalue weighted by atomic mass is 10.0. The highest BCUT2D eigenvalue weighted by molar-refractivity contribution is 5.73. The minimum atomic E-state index is -0.905. The Hall–Kier alpha value is -2.21. The van der Waals surface area contributed by atoms with Crippen LogP contribution in [-0.2, 0) is 11.3 Å². The molecule has 2 rings (SSSR count). The Morgan fingerprint density at radius 2 is 2.20 bits per heavy atom. The largest absolute Gasteiger partial charge is 0.480 e. The summed E-state index contributed by atoms with van der Waals surface area (Å²) in [6, 6.07) is 6.05. The lowest BCUT2D eigenvalue weighted by molar-refractivity contribution is -0.140. The van der Waals surface area contributed by atoms with Crippen molar-refractivity contribution in [3.63, 3.8) is 0 Å². The molecule has 106 valence electrons. The van der Waals surface area contributed by atoms with Gasteiger partial charge in [-0.3, -0.25) is 19.3 Å². The first-order valence-electron chi connectivity index (χ1n) is 6.42. The van der Waals surface area contributed by atoms with E-state index in [-0.39, 0.29) is 18.0 Å². The molecule has 6 heteroatoms. The molecule has 0 saturated heterocycles. The minimum Gasteiger partial charge on any atom is -0.480 e. The summed E-state index contributed by atoms with van der Waals surface area (Å²) >= 11 is 0. The van der Waals surface area contributed by atoms with Crippen molar-refractivity contribution in [3.05, 3.63) is 46.5 Å². The van der Waals surface area contributed by atoms with E-state index in [0.717, 1.165) is 0 Å². The van der Waals surface area contributed by atoms with Crippen LogP contribution in [0.15, 0.2) is 35.3 Å². The molecule has 0 spiro atoms. The van der Waals surface area contributed by atoms with Crippen LogP contribution in [0.25, 0.3) is 5.65 Å². The Balaban J connectivity index is 2.22. The highest BCUT2D eigenvalue weighted by Crippen LogP contribution is 2.04. The van der Waals surface area contributed by atoms with Gasteiger partial charge in [0, 0.05) is 18.8 Å². The van der Waals surface area contributed by atoms with E-state index in [4.69, 9.17) is 5.11 Å². The number of pyridine rings is 1. The third kappa shape index (κ3) is 3.03. The second kappa shape index (κ2) is 5.83. The number of fused-ring (bicyclic) bond motifs is 1. The van der Waals surface area contributed by atoms with E-state index >= 15 is 0 Å². The molecule has 1 unspecified atom stereocenters. The van der Waals surface area contributed by atoms with Gasteiger partial charge in [-0.15, -0.1) is 0 Å². The molecule has 2 aromatic heterocycles. The molecule has 0 fully saturated rings. The second-order valence-electron chi connectivity index (χ2n) is 4.96. The van der Waals surface area contributed by atoms with Gasteiger partial charge < -0.3 is 5.11 Å². The minimum absolute atomic E-state index is 0.0472. The number of carbonyl (C=O) groups is 1. The predicted octanol–water partition coefficient (Wildman–Crippen LogP) is 0.893. The fraction of sp³-hybridized carbons (Fsp3) is 0.357. The molecule has 2 N–H and O–H groups in total. The first-order valence-corrected chi connectivity index (χ1v) is 6.42. The molecule has 0 amide bonds. The molecular formula is C14H17N3O3. The number of nitrogens with zero attached hydrogens (tertiary/aromatic N) is 2. The lowest BCUT2D eigenvalue weighted by Crippen LogP contribution is -2.40. The van der Waals surface area contributed by atoms with Gasteiger partial charge in [-0.2, -0.15) is 0 Å². The Labute approximate surface area is 116 Å². The van der Waals surface area contributed by atoms with Crippen molar-refractivity contribution in [1.82, 2.24) is 14.7 Å². The number of aliphatic carboxylic acids is 1. The van der Waals surface area contributed by atoms with Crippen LogP contribution in [0.4, 0.5) is 0 Å². The average Bonchev–Trinajstić information content (AvgIpc) is 2.38. The van der Waals surface area contributed by atoms with Crippen LogP contribution in [0.3, 0.4) is 0 Å². The maximum atomic E-state index is 11.9. The number of rotatable bonds is 5. The number of aromatic nitrogens is 2. The maximum Gasteiger partial charge on any atom is 0.320 e. The van der Waals surface area contributed by atoms with Gasteiger partial charge in [-0.1, -0.05) is 19.9 Å². The Morgan fingerprint density at radius 3 is 2.85 bits per heavy atom. The van der Waals surface area contributed by atoms with Gasteiger partial charge in [0.25, 0.3) is 5.56 Å². The van der Waals surface area contributed by atoms with Crippen molar-refractivity contribution >= 4 is 11.6 Å². The van der Waals surface area contributed by atoms with Gasteiger partial charge in [0.15, 0.2) is 0 Å². The molecule has 2 aromatic rings. The SMILES string of the molecule is CC(C)C(NCc1cc(=O)n2ccccc2n1)C(=O)O. The molecule has 0 aromatic carbocycles. The summed E-state index contributed by atoms with van der Waals surface area (Å²) in [6.07, 6.45) is 1.65. The zero-order chi connectivity index (χ0) is 14.7. The fourth-order valence-corrected chi connectivity index (χ4v) is 2.02. The average molecular weight is 275 g/mol. The smallest absolute Gasteiger partial charge is 0.320 e. The molecule has 0 aliphatic carbocycles. The lowest BCUT2D eigenvalue weighted by Gasteiger charge is -2.17. The van der Waals surface area contributed by atoms with Gasteiger partial charge in [-0.25, -0.2) is 4.98 Å². The molecular weight excluding hydrogens is 258 g/mol. The number of hydrogen-bond acceptors (Lipinski definition) is 4. The van der Waals surface area contributed by atoms with E-state index < -0.39 is 12.0 Å². The van der Waals surface area contributed by atoms with Crippen LogP contribution < -0.4 is 10.9 Å². The van der Waals surface area contributed by atoms with Gasteiger partial charge in [-0.05, 0) is 18.1 Å². The Morgan fingerprint density at radius 1 is 1.45 bits per heavy atom. The van der Waals surface area contributed by atoms with E-state index in [1.165, 1.54) is 10.5 Å². The molecule has 2 heterocycles. The summed E-state index contributed by atoms with van der Waals surface area (Å²) in [7, 11) is 0. The number of hydrogen-bond donors (Lipinski definition) is 2. The van der Waals surface area contributed by atoms with Gasteiger partial charge >= 0.3 is 5.97 Å². The summed E-state index contributed by atoms with van der Waals surface area (Å²) < 4.78 is 1.45. The predicted molar refractivity (Wildman–Crippen MR) is 74.6 cm³/mol. The summed E-state index contributed by atoms with van der Waals surface area (Å²) in [4.78, 5) is 27.3. The van der Waals surface area contributed by atoms with Gasteiger partial charge in [0.05, 0.1) is 5.69 Å². The molecule has 0 aliphatic heterocycles. The van der Waals surface area contributed by atoms with E-state index in [2.05, 4.69) is 10.3 Å². The van der Waals surface area contributed by atoms with Crippen molar-refractivity contribution in [2.75, 3.05) is 0 Å². The molecule has 1 atom stereocenters. The van der Waals surface area contributed by atoms with Crippen molar-refractivity contribution < 1.29 is 9.90 Å². The normalized spacial score (nSPS) is 12.8. The van der Waals surface area contributed by atoms with Crippen LogP contribution in [0.2, 0.25) is 0 Å². The first-order chi connectivity index (χ1) is 9.49. The van der Waals surface area contributed by atoms with E-state index in [1.54, 1.807) is 24.4 Å². The molecule has 6 nitrogen and oxygen atoms in total. The summed E-state index contributed by atoms with van der Waals surface area (Å²) in [5.41, 5.74) is 0.908. The van der Waals surface area contributed by atoms with Crippen molar-refractivity contribution in [1.29, 1.82) is 0 Å². The zero-order valence-corrected chi connectivity index (χ0v) is 11.4. The quantitative estimate of drug-likeness (QED) is 0.846. The summed E-state index contributed by atoms with van der Waals surface area (Å²) in [5.74, 6) is -0.952. The van der Waals surface area contributed by atoms with Gasteiger partial charge in [0.1, 0.15) is 11.7 Å². The Bertz CT molecular complexity index is 679. The molecule has 20 heavy (non-hydrogen) atoms. The monoisotopic (exact) mass is 275 g/mol. The highest BCUT2D eigenvalue weighted by Gasteiger charge is 2.20. The van der Waals surface area contributed by atoms with Crippen LogP contribution in [0.5, 0.6) is 0 Å². The van der Waals surface area contributed by atoms with Gasteiger partial charge in [0.2, 0.25) is 0 Å². The van der Waals surface area contributed by atoms with Crippen molar-refractivity contribution in [2.45, 2.75) is 26.4 Å². The number of nitrogens with one attached hydrogen (secondary N) is 1. The second-order valence-corrected chi connectivity index (χ2v) is 4.96. The van der Waals surface area contributed by atoms with Crippen LogP contribution in [0.1, 0.15) is 19.5 Å². The van der Waals surface area contributed by atoms with E-state index in [1.807, 2.05) is 13.8 Å². The maximum absolute atomic E-state index is 11.9. The zero-order valence-electron chi connectivity index (χ0n) is 11.4. The first kappa shape index (κ1) is 14.2. The van der Waals surface area contributed by atoms with Crippen LogP contribution >= 0.6 is 0 Å². The topological polar surface area (TPSA) is 83.7 Å². The van der Waals surface area contributed by atoms with Crippen LogP contribution in [0, 0.1) is 5.92 Å². The summed E-state index contributed by atoms with van der Waals surface area (Å²) in [6.45, 7) is 3.90. The molecule has 0 saturated carbocycles. The van der Waals surface area contributed by atoms with Crippen molar-refractivity contribution in [2.24, 2.45) is 5.92 Å². The number of carboxylic acid groups (broad SMARTS) is 1. The number of carboxylic acids is 1. The highest BCUT2D eigenvalue weighted by atomic mass is 16.4. The third-order valence-corrected chi connectivity index (χ3v) is 3.06. The molecule has 0 bridgehead atoms. The van der Waals surface area contributed by atoms with E-state index in [9.17, 15) is 9.59 Å². The fourth-order valence-electron chi connectivity index (χ4n) is 2.02. The molecule has 0 aliphatic rings.